The van der Waals surface area contributed by atoms with Crippen molar-refractivity contribution in [3.8, 4) is 0 Å². The third-order valence-electron chi connectivity index (χ3n) is 4.58. The summed E-state index contributed by atoms with van der Waals surface area (Å²) in [5.74, 6) is 0.541. The minimum Gasteiger partial charge on any atom is -0.394 e. The Morgan fingerprint density at radius 2 is 1.89 bits per heavy atom. The molecule has 2 heterocycles. The first-order valence-corrected chi connectivity index (χ1v) is 9.03. The van der Waals surface area contributed by atoms with Crippen molar-refractivity contribution in [3.63, 3.8) is 0 Å². The van der Waals surface area contributed by atoms with Gasteiger partial charge in [-0.15, -0.1) is 0 Å². The van der Waals surface area contributed by atoms with Crippen LogP contribution < -0.4 is 5.32 Å². The van der Waals surface area contributed by atoms with Crippen LogP contribution in [0.2, 0.25) is 0 Å². The molecule has 9 heteroatoms. The first-order valence-electron chi connectivity index (χ1n) is 9.03. The van der Waals surface area contributed by atoms with Crippen LogP contribution in [0.1, 0.15) is 18.7 Å². The number of hydrogen-bond donors (Lipinski definition) is 4. The number of methoxy groups -OCH3 is 1. The van der Waals surface area contributed by atoms with Gasteiger partial charge in [0.1, 0.15) is 18.5 Å². The Hall–Kier alpha value is -2.59. The second-order valence-corrected chi connectivity index (χ2v) is 6.64. The molecule has 4 N–H and O–H groups in total. The van der Waals surface area contributed by atoms with Gasteiger partial charge < -0.3 is 25.4 Å². The van der Waals surface area contributed by atoms with Crippen LogP contribution in [0.5, 0.6) is 0 Å². The molecule has 9 nitrogen and oxygen atoms in total. The van der Waals surface area contributed by atoms with Crippen LogP contribution in [-0.2, 0) is 11.2 Å². The topological polar surface area (TPSA) is 126 Å². The van der Waals surface area contributed by atoms with Crippen LogP contribution in [0.4, 0.5) is 5.82 Å². The zero-order valence-corrected chi connectivity index (χ0v) is 15.8. The molecule has 4 atom stereocenters. The summed E-state index contributed by atoms with van der Waals surface area (Å²) < 4.78 is 6.32. The van der Waals surface area contributed by atoms with E-state index >= 15 is 0 Å². The largest absolute Gasteiger partial charge is 0.394 e. The van der Waals surface area contributed by atoms with E-state index in [-0.39, 0.29) is 6.04 Å². The molecule has 3 rings (SSSR count). The van der Waals surface area contributed by atoms with Gasteiger partial charge in [-0.25, -0.2) is 15.0 Å². The summed E-state index contributed by atoms with van der Waals surface area (Å²) in [4.78, 5) is 12.7. The lowest BCUT2D eigenvalue weighted by molar-refractivity contribution is -0.116. The van der Waals surface area contributed by atoms with E-state index in [1.54, 1.807) is 0 Å². The van der Waals surface area contributed by atoms with Gasteiger partial charge in [0.15, 0.2) is 23.2 Å². The molecule has 0 spiro atoms. The van der Waals surface area contributed by atoms with Crippen molar-refractivity contribution >= 4 is 17.0 Å². The average molecular weight is 387 g/mol. The summed E-state index contributed by atoms with van der Waals surface area (Å²) in [6.07, 6.45) is -0.109. The normalized spacial score (nSPS) is 15.9. The Kier molecular flexibility index (Phi) is 6.53. The van der Waals surface area contributed by atoms with Crippen LogP contribution in [0.25, 0.3) is 11.2 Å². The van der Waals surface area contributed by atoms with Gasteiger partial charge in [-0.2, -0.15) is 0 Å². The number of nitrogens with one attached hydrogen (secondary N) is 1. The van der Waals surface area contributed by atoms with Gasteiger partial charge in [-0.3, -0.25) is 4.57 Å². The van der Waals surface area contributed by atoms with Crippen LogP contribution in [-0.4, -0.2) is 66.8 Å². The van der Waals surface area contributed by atoms with Gasteiger partial charge in [-0.05, 0) is 18.9 Å². The van der Waals surface area contributed by atoms with Crippen LogP contribution in [0, 0.1) is 0 Å². The SMILES string of the molecule is COC(CO)C(O)C(O)n1cnc2c(NC(C)Cc3ccccc3)ncnc21. The monoisotopic (exact) mass is 387 g/mol. The smallest absolute Gasteiger partial charge is 0.167 e. The highest BCUT2D eigenvalue weighted by Crippen LogP contribution is 2.23. The van der Waals surface area contributed by atoms with E-state index in [9.17, 15) is 15.3 Å². The lowest BCUT2D eigenvalue weighted by Gasteiger charge is -2.25. The number of imidazole rings is 1. The summed E-state index contributed by atoms with van der Waals surface area (Å²) >= 11 is 0. The molecule has 4 unspecified atom stereocenters. The maximum Gasteiger partial charge on any atom is 0.167 e. The Balaban J connectivity index is 1.80. The highest BCUT2D eigenvalue weighted by molar-refractivity contribution is 5.82. The fourth-order valence-corrected chi connectivity index (χ4v) is 3.08. The van der Waals surface area contributed by atoms with Crippen molar-refractivity contribution < 1.29 is 20.1 Å². The van der Waals surface area contributed by atoms with Crippen molar-refractivity contribution in [2.45, 2.75) is 37.8 Å². The molecule has 28 heavy (non-hydrogen) atoms. The molecule has 0 fully saturated rings. The van der Waals surface area contributed by atoms with Crippen molar-refractivity contribution in [1.82, 2.24) is 19.5 Å². The minimum atomic E-state index is -1.38. The fraction of sp³-hybridized carbons (Fsp3) is 0.421. The highest BCUT2D eigenvalue weighted by atomic mass is 16.5. The van der Waals surface area contributed by atoms with E-state index in [0.29, 0.717) is 17.0 Å². The van der Waals surface area contributed by atoms with Gasteiger partial charge in [-0.1, -0.05) is 30.3 Å². The van der Waals surface area contributed by atoms with Gasteiger partial charge >= 0.3 is 0 Å². The van der Waals surface area contributed by atoms with Gasteiger partial charge in [0.25, 0.3) is 0 Å². The number of anilines is 1. The molecule has 0 radical (unpaired) electrons. The van der Waals surface area contributed by atoms with Crippen molar-refractivity contribution in [1.29, 1.82) is 0 Å². The molecule has 0 saturated heterocycles. The highest BCUT2D eigenvalue weighted by Gasteiger charge is 2.29. The standard InChI is InChI=1S/C19H25N5O4/c1-12(8-13-6-4-3-5-7-13)23-17-15-18(21-10-20-17)24(11-22-15)19(27)16(26)14(9-25)28-2/h3-7,10-12,14,16,19,25-27H,8-9H2,1-2H3,(H,20,21,23). The number of rotatable bonds is 9. The zero-order chi connectivity index (χ0) is 20.1. The molecule has 0 amide bonds. The van der Waals surface area contributed by atoms with Gasteiger partial charge in [0.05, 0.1) is 12.9 Å². The van der Waals surface area contributed by atoms with E-state index in [1.165, 1.54) is 29.9 Å². The predicted molar refractivity (Wildman–Crippen MR) is 104 cm³/mol. The summed E-state index contributed by atoms with van der Waals surface area (Å²) in [7, 11) is 1.35. The maximum absolute atomic E-state index is 10.5. The number of aliphatic hydroxyl groups is 3. The minimum absolute atomic E-state index is 0.0911. The van der Waals surface area contributed by atoms with Crippen LogP contribution >= 0.6 is 0 Å². The molecule has 0 aliphatic carbocycles. The lowest BCUT2D eigenvalue weighted by Crippen LogP contribution is -2.38. The van der Waals surface area contributed by atoms with Gasteiger partial charge in [0, 0.05) is 13.2 Å². The number of benzene rings is 1. The fourth-order valence-electron chi connectivity index (χ4n) is 3.08. The summed E-state index contributed by atoms with van der Waals surface area (Å²) in [6.45, 7) is 1.61. The molecule has 150 valence electrons. The average Bonchev–Trinajstić information content (AvgIpc) is 3.14. The number of fused-ring (bicyclic) bond motifs is 1. The molecule has 0 saturated carbocycles. The Bertz CT molecular complexity index is 884. The van der Waals surface area contributed by atoms with Crippen molar-refractivity contribution in [2.24, 2.45) is 0 Å². The predicted octanol–water partition coefficient (Wildman–Crippen LogP) is 0.728. The third-order valence-corrected chi connectivity index (χ3v) is 4.58. The number of nitrogens with zero attached hydrogens (tertiary/aromatic N) is 4. The van der Waals surface area contributed by atoms with Gasteiger partial charge in [0.2, 0.25) is 0 Å². The Morgan fingerprint density at radius 1 is 1.14 bits per heavy atom. The van der Waals surface area contributed by atoms with E-state index in [2.05, 4.69) is 32.4 Å². The number of aliphatic hydroxyl groups excluding tert-OH is 3. The molecular formula is C19H25N5O4. The van der Waals surface area contributed by atoms with Crippen LogP contribution in [0.3, 0.4) is 0 Å². The third kappa shape index (κ3) is 4.28. The number of hydrogen-bond acceptors (Lipinski definition) is 8. The molecular weight excluding hydrogens is 362 g/mol. The maximum atomic E-state index is 10.5. The van der Waals surface area contributed by atoms with Crippen molar-refractivity contribution in [3.05, 3.63) is 48.5 Å². The first kappa shape index (κ1) is 20.2. The first-order chi connectivity index (χ1) is 13.5. The molecule has 0 bridgehead atoms. The quantitative estimate of drug-likeness (QED) is 0.423. The van der Waals surface area contributed by atoms with E-state index in [4.69, 9.17) is 4.74 Å². The van der Waals surface area contributed by atoms with Crippen LogP contribution in [0.15, 0.2) is 43.0 Å². The molecule has 3 aromatic rings. The van der Waals surface area contributed by atoms with E-state index < -0.39 is 25.0 Å². The number of aromatic nitrogens is 4. The van der Waals surface area contributed by atoms with E-state index in [1.807, 2.05) is 25.1 Å². The summed E-state index contributed by atoms with van der Waals surface area (Å²) in [6, 6.07) is 10.2. The lowest BCUT2D eigenvalue weighted by atomic mass is 10.1. The number of ether oxygens (including phenoxy) is 1. The molecule has 2 aromatic heterocycles. The Labute approximate surface area is 162 Å². The second kappa shape index (κ2) is 9.07. The molecule has 1 aromatic carbocycles. The Morgan fingerprint density at radius 3 is 2.57 bits per heavy atom. The molecule has 0 aliphatic heterocycles. The summed E-state index contributed by atoms with van der Waals surface area (Å²) in [5, 5.41) is 33.3. The van der Waals surface area contributed by atoms with E-state index in [0.717, 1.165) is 6.42 Å². The molecule has 0 aliphatic rings. The summed E-state index contributed by atoms with van der Waals surface area (Å²) in [5.41, 5.74) is 2.04. The van der Waals surface area contributed by atoms with Crippen molar-refractivity contribution in [2.75, 3.05) is 19.0 Å². The zero-order valence-electron chi connectivity index (χ0n) is 15.8. The second-order valence-electron chi connectivity index (χ2n) is 6.64.